The van der Waals surface area contributed by atoms with Crippen molar-refractivity contribution in [2.45, 2.75) is 6.54 Å². The van der Waals surface area contributed by atoms with Gasteiger partial charge in [0.05, 0.1) is 24.7 Å². The maximum absolute atomic E-state index is 12.1. The summed E-state index contributed by atoms with van der Waals surface area (Å²) in [6.45, 7) is 0.00847. The van der Waals surface area contributed by atoms with Crippen LogP contribution in [0.15, 0.2) is 30.6 Å². The molecule has 0 atom stereocenters. The molecule has 0 fully saturated rings. The fraction of sp³-hybridized carbons (Fsp3) is 0.182. The number of nitrogens with zero attached hydrogens (tertiary/aromatic N) is 3. The Kier molecular flexibility index (Phi) is 3.81. The third-order valence-corrected chi connectivity index (χ3v) is 3.11. The van der Waals surface area contributed by atoms with Crippen LogP contribution in [-0.2, 0) is 16.6 Å². The van der Waals surface area contributed by atoms with Crippen molar-refractivity contribution in [3.63, 3.8) is 0 Å². The highest BCUT2D eigenvalue weighted by atomic mass is 32.2. The highest BCUT2D eigenvalue weighted by Gasteiger charge is 2.13. The first-order valence-electron chi connectivity index (χ1n) is 5.60. The van der Waals surface area contributed by atoms with Gasteiger partial charge < -0.3 is 5.73 Å². The Labute approximate surface area is 115 Å². The summed E-state index contributed by atoms with van der Waals surface area (Å²) in [7, 11) is -3.32. The van der Waals surface area contributed by atoms with Crippen LogP contribution in [0.5, 0.6) is 0 Å². The van der Waals surface area contributed by atoms with Crippen molar-refractivity contribution in [1.29, 1.82) is 0 Å². The predicted octanol–water partition coefficient (Wildman–Crippen LogP) is -0.402. The van der Waals surface area contributed by atoms with Crippen molar-refractivity contribution in [2.24, 2.45) is 0 Å². The first-order chi connectivity index (χ1) is 9.37. The topological polar surface area (TPSA) is 120 Å². The average Bonchev–Trinajstić information content (AvgIpc) is 2.81. The van der Waals surface area contributed by atoms with Gasteiger partial charge in [-0.15, -0.1) is 0 Å². The molecule has 9 heteroatoms. The predicted molar refractivity (Wildman–Crippen MR) is 72.3 cm³/mol. The van der Waals surface area contributed by atoms with E-state index in [2.05, 4.69) is 14.8 Å². The Morgan fingerprint density at radius 2 is 2.15 bits per heavy atom. The van der Waals surface area contributed by atoms with Gasteiger partial charge in [0.15, 0.2) is 0 Å². The SMILES string of the molecule is CS(=O)(=O)NCc1cc(C(=O)n2nccc2N)ccn1. The molecule has 0 aromatic carbocycles. The van der Waals surface area contributed by atoms with Crippen LogP contribution < -0.4 is 10.5 Å². The van der Waals surface area contributed by atoms with Gasteiger partial charge in [-0.25, -0.2) is 13.1 Å². The van der Waals surface area contributed by atoms with Crippen LogP contribution in [-0.4, -0.2) is 35.3 Å². The zero-order chi connectivity index (χ0) is 14.8. The smallest absolute Gasteiger partial charge is 0.280 e. The maximum Gasteiger partial charge on any atom is 0.280 e. The second-order valence-electron chi connectivity index (χ2n) is 4.10. The summed E-state index contributed by atoms with van der Waals surface area (Å²) < 4.78 is 25.4. The molecular formula is C11H13N5O3S. The van der Waals surface area contributed by atoms with Crippen LogP contribution in [0, 0.1) is 0 Å². The lowest BCUT2D eigenvalue weighted by Crippen LogP contribution is -2.22. The summed E-state index contributed by atoms with van der Waals surface area (Å²) >= 11 is 0. The number of carbonyl (C=O) groups is 1. The second kappa shape index (κ2) is 5.39. The Bertz CT molecular complexity index is 738. The van der Waals surface area contributed by atoms with E-state index in [-0.39, 0.29) is 12.4 Å². The Morgan fingerprint density at radius 3 is 2.75 bits per heavy atom. The van der Waals surface area contributed by atoms with Crippen molar-refractivity contribution in [3.05, 3.63) is 41.9 Å². The largest absolute Gasteiger partial charge is 0.383 e. The van der Waals surface area contributed by atoms with E-state index in [0.717, 1.165) is 10.9 Å². The molecule has 0 aliphatic rings. The molecule has 0 aliphatic heterocycles. The number of hydrogen-bond donors (Lipinski definition) is 2. The van der Waals surface area contributed by atoms with Crippen molar-refractivity contribution < 1.29 is 13.2 Å². The highest BCUT2D eigenvalue weighted by molar-refractivity contribution is 7.88. The first-order valence-corrected chi connectivity index (χ1v) is 7.50. The zero-order valence-electron chi connectivity index (χ0n) is 10.6. The monoisotopic (exact) mass is 295 g/mol. The molecule has 0 amide bonds. The molecule has 0 radical (unpaired) electrons. The summed E-state index contributed by atoms with van der Waals surface area (Å²) in [6.07, 6.45) is 3.89. The number of nitrogens with two attached hydrogens (primary N) is 1. The Balaban J connectivity index is 2.22. The molecule has 106 valence electrons. The van der Waals surface area contributed by atoms with Gasteiger partial charge in [0, 0.05) is 17.8 Å². The van der Waals surface area contributed by atoms with Crippen LogP contribution >= 0.6 is 0 Å². The van der Waals surface area contributed by atoms with Gasteiger partial charge in [0.1, 0.15) is 5.82 Å². The van der Waals surface area contributed by atoms with Crippen LogP contribution in [0.3, 0.4) is 0 Å². The quantitative estimate of drug-likeness (QED) is 0.791. The molecule has 0 saturated heterocycles. The average molecular weight is 295 g/mol. The normalized spacial score (nSPS) is 11.4. The zero-order valence-corrected chi connectivity index (χ0v) is 11.5. The lowest BCUT2D eigenvalue weighted by atomic mass is 10.2. The number of anilines is 1. The highest BCUT2D eigenvalue weighted by Crippen LogP contribution is 2.08. The number of hydrogen-bond acceptors (Lipinski definition) is 6. The van der Waals surface area contributed by atoms with Crippen molar-refractivity contribution in [1.82, 2.24) is 19.5 Å². The minimum atomic E-state index is -3.32. The molecule has 0 spiro atoms. The number of nitrogens with one attached hydrogen (secondary N) is 1. The van der Waals surface area contributed by atoms with E-state index in [9.17, 15) is 13.2 Å². The molecule has 0 unspecified atom stereocenters. The van der Waals surface area contributed by atoms with Crippen molar-refractivity contribution in [3.8, 4) is 0 Å². The third kappa shape index (κ3) is 3.39. The van der Waals surface area contributed by atoms with Gasteiger partial charge >= 0.3 is 0 Å². The van der Waals surface area contributed by atoms with Gasteiger partial charge in [0.2, 0.25) is 10.0 Å². The van der Waals surface area contributed by atoms with Crippen LogP contribution in [0.2, 0.25) is 0 Å². The standard InChI is InChI=1S/C11H13N5O3S/c1-20(18,19)15-7-9-6-8(2-4-13-9)11(17)16-10(12)3-5-14-16/h2-6,15H,7,12H2,1H3. The molecule has 2 heterocycles. The summed E-state index contributed by atoms with van der Waals surface area (Å²) in [6, 6.07) is 4.50. The number of aromatic nitrogens is 3. The van der Waals surface area contributed by atoms with E-state index in [1.807, 2.05) is 0 Å². The van der Waals surface area contributed by atoms with Crippen molar-refractivity contribution >= 4 is 21.7 Å². The van der Waals surface area contributed by atoms with Crippen LogP contribution in [0.4, 0.5) is 5.82 Å². The van der Waals surface area contributed by atoms with E-state index in [0.29, 0.717) is 11.3 Å². The molecule has 8 nitrogen and oxygen atoms in total. The van der Waals surface area contributed by atoms with Gasteiger partial charge in [0.25, 0.3) is 5.91 Å². The van der Waals surface area contributed by atoms with E-state index >= 15 is 0 Å². The summed E-state index contributed by atoms with van der Waals surface area (Å²) in [5, 5.41) is 3.82. The molecule has 0 saturated carbocycles. The fourth-order valence-electron chi connectivity index (χ4n) is 1.52. The third-order valence-electron chi connectivity index (χ3n) is 2.44. The summed E-state index contributed by atoms with van der Waals surface area (Å²) in [5.41, 5.74) is 6.35. The second-order valence-corrected chi connectivity index (χ2v) is 5.94. The Morgan fingerprint density at radius 1 is 1.40 bits per heavy atom. The minimum Gasteiger partial charge on any atom is -0.383 e. The van der Waals surface area contributed by atoms with Crippen molar-refractivity contribution in [2.75, 3.05) is 12.0 Å². The maximum atomic E-state index is 12.1. The molecule has 2 aromatic rings. The number of rotatable bonds is 4. The van der Waals surface area contributed by atoms with Gasteiger partial charge in [-0.05, 0) is 12.1 Å². The molecule has 0 aliphatic carbocycles. The lowest BCUT2D eigenvalue weighted by Gasteiger charge is -2.05. The van der Waals surface area contributed by atoms with Gasteiger partial charge in [-0.2, -0.15) is 9.78 Å². The number of nitrogen functional groups attached to an aromatic ring is 1. The molecule has 20 heavy (non-hydrogen) atoms. The Hall–Kier alpha value is -2.26. The molecule has 2 rings (SSSR count). The molecular weight excluding hydrogens is 282 g/mol. The lowest BCUT2D eigenvalue weighted by molar-refractivity contribution is 0.0948. The van der Waals surface area contributed by atoms with Crippen LogP contribution in [0.1, 0.15) is 16.1 Å². The van der Waals surface area contributed by atoms with Gasteiger partial charge in [-0.1, -0.05) is 0 Å². The van der Waals surface area contributed by atoms with E-state index < -0.39 is 15.9 Å². The number of carbonyl (C=O) groups excluding carboxylic acids is 1. The minimum absolute atomic E-state index is 0.00847. The summed E-state index contributed by atoms with van der Waals surface area (Å²) in [4.78, 5) is 16.1. The van der Waals surface area contributed by atoms with Crippen LogP contribution in [0.25, 0.3) is 0 Å². The number of sulfonamides is 1. The number of pyridine rings is 1. The molecule has 0 bridgehead atoms. The van der Waals surface area contributed by atoms with E-state index in [1.165, 1.54) is 30.6 Å². The van der Waals surface area contributed by atoms with Gasteiger partial charge in [-0.3, -0.25) is 9.78 Å². The summed E-state index contributed by atoms with van der Waals surface area (Å²) in [5.74, 6) is -0.182. The molecule has 2 aromatic heterocycles. The van der Waals surface area contributed by atoms with E-state index in [1.54, 1.807) is 0 Å². The van der Waals surface area contributed by atoms with E-state index in [4.69, 9.17) is 5.73 Å². The fourth-order valence-corrected chi connectivity index (χ4v) is 1.93. The molecule has 3 N–H and O–H groups in total. The first kappa shape index (κ1) is 14.2.